The van der Waals surface area contributed by atoms with Crippen molar-refractivity contribution in [1.82, 2.24) is 9.97 Å². The van der Waals surface area contributed by atoms with Crippen LogP contribution in [-0.4, -0.2) is 9.97 Å². The molecule has 0 aliphatic carbocycles. The zero-order chi connectivity index (χ0) is 11.7. The molecule has 0 radical (unpaired) electrons. The third kappa shape index (κ3) is 2.04. The highest BCUT2D eigenvalue weighted by Crippen LogP contribution is 2.20. The number of nitrogens with zero attached hydrogens (tertiary/aromatic N) is 1. The number of hydrogen-bond donors (Lipinski definition) is 1. The highest BCUT2D eigenvalue weighted by atomic mass is 35.5. The molecule has 0 unspecified atom stereocenters. The van der Waals surface area contributed by atoms with Crippen LogP contribution < -0.4 is 0 Å². The number of para-hydroxylation sites is 1. The molecule has 1 aromatic carbocycles. The van der Waals surface area contributed by atoms with Crippen LogP contribution in [0, 0.1) is 0 Å². The van der Waals surface area contributed by atoms with Gasteiger partial charge in [-0.15, -0.1) is 0 Å². The molecule has 0 amide bonds. The second-order valence-electron chi connectivity index (χ2n) is 4.03. The number of fused-ring (bicyclic) bond motifs is 1. The van der Waals surface area contributed by atoms with Crippen molar-refractivity contribution < 1.29 is 0 Å². The molecule has 0 aliphatic rings. The first-order valence-electron chi connectivity index (χ1n) is 5.48. The molecule has 0 spiro atoms. The summed E-state index contributed by atoms with van der Waals surface area (Å²) in [4.78, 5) is 7.37. The van der Waals surface area contributed by atoms with E-state index in [9.17, 15) is 0 Å². The predicted octanol–water partition coefficient (Wildman–Crippen LogP) is 3.81. The Morgan fingerprint density at radius 1 is 1.12 bits per heavy atom. The van der Waals surface area contributed by atoms with E-state index in [1.54, 1.807) is 0 Å². The van der Waals surface area contributed by atoms with Crippen LogP contribution in [-0.2, 0) is 6.42 Å². The number of H-pyrrole nitrogens is 1. The first-order valence-corrected chi connectivity index (χ1v) is 5.86. The van der Waals surface area contributed by atoms with Crippen LogP contribution in [0.4, 0.5) is 0 Å². The van der Waals surface area contributed by atoms with Crippen LogP contribution in [0.5, 0.6) is 0 Å². The largest absolute Gasteiger partial charge is 0.361 e. The average molecular weight is 243 g/mol. The molecule has 0 saturated heterocycles. The molecular formula is C14H11ClN2. The normalized spacial score (nSPS) is 10.9. The Balaban J connectivity index is 1.97. The van der Waals surface area contributed by atoms with E-state index in [0.717, 1.165) is 6.42 Å². The molecule has 3 aromatic rings. The lowest BCUT2D eigenvalue weighted by molar-refractivity contribution is 1.15. The molecule has 2 heterocycles. The predicted molar refractivity (Wildman–Crippen MR) is 70.4 cm³/mol. The lowest BCUT2D eigenvalue weighted by atomic mass is 10.1. The molecule has 1 N–H and O–H groups in total. The van der Waals surface area contributed by atoms with Crippen molar-refractivity contribution in [1.29, 1.82) is 0 Å². The van der Waals surface area contributed by atoms with Gasteiger partial charge < -0.3 is 4.98 Å². The summed E-state index contributed by atoms with van der Waals surface area (Å²) in [6.45, 7) is 0. The fraction of sp³-hybridized carbons (Fsp3) is 0.0714. The zero-order valence-electron chi connectivity index (χ0n) is 9.15. The van der Waals surface area contributed by atoms with Crippen LogP contribution in [0.15, 0.2) is 48.8 Å². The van der Waals surface area contributed by atoms with E-state index in [4.69, 9.17) is 11.6 Å². The van der Waals surface area contributed by atoms with Gasteiger partial charge in [-0.1, -0.05) is 35.9 Å². The molecule has 0 saturated carbocycles. The van der Waals surface area contributed by atoms with Gasteiger partial charge in [0.05, 0.1) is 0 Å². The molecule has 2 aromatic heterocycles. The minimum atomic E-state index is 0.535. The smallest absolute Gasteiger partial charge is 0.129 e. The van der Waals surface area contributed by atoms with E-state index in [1.807, 2.05) is 24.4 Å². The van der Waals surface area contributed by atoms with Crippen molar-refractivity contribution >= 4 is 22.5 Å². The van der Waals surface area contributed by atoms with E-state index in [-0.39, 0.29) is 0 Å². The maximum absolute atomic E-state index is 5.77. The summed E-state index contributed by atoms with van der Waals surface area (Å²) in [5, 5.41) is 1.80. The van der Waals surface area contributed by atoms with Crippen molar-refractivity contribution in [3.05, 3.63) is 65.1 Å². The zero-order valence-corrected chi connectivity index (χ0v) is 9.91. The Morgan fingerprint density at radius 2 is 2.00 bits per heavy atom. The third-order valence-electron chi connectivity index (χ3n) is 2.86. The average Bonchev–Trinajstić information content (AvgIpc) is 2.76. The summed E-state index contributed by atoms with van der Waals surface area (Å²) < 4.78 is 0. The number of aromatic nitrogens is 2. The van der Waals surface area contributed by atoms with Crippen LogP contribution >= 0.6 is 11.6 Å². The van der Waals surface area contributed by atoms with Crippen molar-refractivity contribution in [3.63, 3.8) is 0 Å². The summed E-state index contributed by atoms with van der Waals surface area (Å²) in [5.41, 5.74) is 3.62. The van der Waals surface area contributed by atoms with E-state index in [2.05, 4.69) is 34.4 Å². The van der Waals surface area contributed by atoms with Crippen molar-refractivity contribution in [3.8, 4) is 0 Å². The van der Waals surface area contributed by atoms with Crippen LogP contribution in [0.2, 0.25) is 5.15 Å². The lowest BCUT2D eigenvalue weighted by Crippen LogP contribution is -1.87. The third-order valence-corrected chi connectivity index (χ3v) is 3.08. The minimum Gasteiger partial charge on any atom is -0.361 e. The topological polar surface area (TPSA) is 28.7 Å². The maximum Gasteiger partial charge on any atom is 0.129 e. The van der Waals surface area contributed by atoms with E-state index in [0.29, 0.717) is 5.15 Å². The van der Waals surface area contributed by atoms with E-state index >= 15 is 0 Å². The number of halogens is 1. The van der Waals surface area contributed by atoms with Gasteiger partial charge in [-0.05, 0) is 23.3 Å². The monoisotopic (exact) mass is 242 g/mol. The fourth-order valence-electron chi connectivity index (χ4n) is 2.01. The van der Waals surface area contributed by atoms with Gasteiger partial charge in [0.2, 0.25) is 0 Å². The summed E-state index contributed by atoms with van der Waals surface area (Å²) in [6.07, 6.45) is 4.75. The molecule has 17 heavy (non-hydrogen) atoms. The molecule has 3 heteroatoms. The summed E-state index contributed by atoms with van der Waals surface area (Å²) in [6, 6.07) is 12.1. The van der Waals surface area contributed by atoms with Crippen LogP contribution in [0.3, 0.4) is 0 Å². The summed E-state index contributed by atoms with van der Waals surface area (Å²) >= 11 is 5.77. The molecule has 0 aliphatic heterocycles. The van der Waals surface area contributed by atoms with Gasteiger partial charge in [-0.3, -0.25) is 0 Å². The molecule has 3 rings (SSSR count). The van der Waals surface area contributed by atoms with Gasteiger partial charge in [-0.2, -0.15) is 0 Å². The molecule has 2 nitrogen and oxygen atoms in total. The molecule has 0 bridgehead atoms. The van der Waals surface area contributed by atoms with Gasteiger partial charge in [0.1, 0.15) is 5.15 Å². The summed E-state index contributed by atoms with van der Waals surface area (Å²) in [5.74, 6) is 0. The number of pyridine rings is 1. The van der Waals surface area contributed by atoms with Crippen molar-refractivity contribution in [2.45, 2.75) is 6.42 Å². The first kappa shape index (κ1) is 10.4. The first-order chi connectivity index (χ1) is 8.33. The van der Waals surface area contributed by atoms with Crippen molar-refractivity contribution in [2.75, 3.05) is 0 Å². The summed E-state index contributed by atoms with van der Waals surface area (Å²) in [7, 11) is 0. The Kier molecular flexibility index (Phi) is 2.57. The lowest BCUT2D eigenvalue weighted by Gasteiger charge is -2.00. The van der Waals surface area contributed by atoms with Gasteiger partial charge in [0.25, 0.3) is 0 Å². The highest BCUT2D eigenvalue weighted by Gasteiger charge is 2.04. The Labute approximate surface area is 104 Å². The standard InChI is InChI=1S/C14H11ClN2/c15-14-6-5-10(8-17-14)7-11-9-16-13-4-2-1-3-12(11)13/h1-6,8-9,16H,7H2. The molecular weight excluding hydrogens is 232 g/mol. The SMILES string of the molecule is Clc1ccc(Cc2c[nH]c3ccccc23)cn1. The van der Waals surface area contributed by atoms with Crippen LogP contribution in [0.25, 0.3) is 10.9 Å². The Morgan fingerprint density at radius 3 is 2.82 bits per heavy atom. The number of rotatable bonds is 2. The Hall–Kier alpha value is -1.80. The van der Waals surface area contributed by atoms with Gasteiger partial charge >= 0.3 is 0 Å². The van der Waals surface area contributed by atoms with Crippen LogP contribution in [0.1, 0.15) is 11.1 Å². The Bertz CT molecular complexity index is 641. The maximum atomic E-state index is 5.77. The number of aromatic amines is 1. The number of nitrogens with one attached hydrogen (secondary N) is 1. The number of benzene rings is 1. The van der Waals surface area contributed by atoms with Crippen molar-refractivity contribution in [2.24, 2.45) is 0 Å². The quantitative estimate of drug-likeness (QED) is 0.681. The second-order valence-corrected chi connectivity index (χ2v) is 4.41. The second kappa shape index (κ2) is 4.22. The van der Waals surface area contributed by atoms with E-state index in [1.165, 1.54) is 22.0 Å². The molecule has 0 atom stereocenters. The number of hydrogen-bond acceptors (Lipinski definition) is 1. The molecule has 84 valence electrons. The van der Waals surface area contributed by atoms with Gasteiger partial charge in [0, 0.05) is 29.7 Å². The van der Waals surface area contributed by atoms with E-state index < -0.39 is 0 Å². The highest BCUT2D eigenvalue weighted by molar-refractivity contribution is 6.29. The minimum absolute atomic E-state index is 0.535. The fourth-order valence-corrected chi connectivity index (χ4v) is 2.12. The molecule has 0 fully saturated rings. The van der Waals surface area contributed by atoms with Gasteiger partial charge in [-0.25, -0.2) is 4.98 Å². The van der Waals surface area contributed by atoms with Gasteiger partial charge in [0.15, 0.2) is 0 Å².